The van der Waals surface area contributed by atoms with Crippen LogP contribution in [-0.4, -0.2) is 30.3 Å². The fraction of sp³-hybridized carbons (Fsp3) is 0.955. The lowest BCUT2D eigenvalue weighted by atomic mass is 9.46. The molecule has 1 heterocycles. The minimum atomic E-state index is 0.163. The average molecular weight is 328 g/mol. The maximum absolute atomic E-state index is 13.3. The van der Waals surface area contributed by atoms with Crippen molar-refractivity contribution in [3.05, 3.63) is 0 Å². The molecule has 6 fully saturated rings. The van der Waals surface area contributed by atoms with Crippen LogP contribution in [0.3, 0.4) is 0 Å². The first kappa shape index (κ1) is 14.8. The summed E-state index contributed by atoms with van der Waals surface area (Å²) >= 11 is 0. The van der Waals surface area contributed by atoms with Gasteiger partial charge in [-0.25, -0.2) is 0 Å². The second-order valence-corrected chi connectivity index (χ2v) is 10.9. The zero-order valence-corrected chi connectivity index (χ0v) is 15.7. The van der Waals surface area contributed by atoms with Crippen LogP contribution in [0.5, 0.6) is 0 Å². The van der Waals surface area contributed by atoms with E-state index in [1.807, 2.05) is 0 Å². The van der Waals surface area contributed by atoms with Crippen LogP contribution in [-0.2, 0) is 4.79 Å². The molecule has 0 aromatic carbocycles. The quantitative estimate of drug-likeness (QED) is 0.666. The Hall–Kier alpha value is -0.370. The van der Waals surface area contributed by atoms with E-state index in [-0.39, 0.29) is 5.41 Å². The fourth-order valence-corrected chi connectivity index (χ4v) is 9.81. The number of hydrogen-bond donors (Lipinski definition) is 0. The Kier molecular flexibility index (Phi) is 2.54. The summed E-state index contributed by atoms with van der Waals surface area (Å²) < 4.78 is 0. The molecule has 6 rings (SSSR count). The van der Waals surface area contributed by atoms with E-state index in [9.17, 15) is 4.79 Å². The summed E-state index contributed by atoms with van der Waals surface area (Å²) in [5, 5.41) is 0. The number of ketones is 1. The Morgan fingerprint density at radius 3 is 2.62 bits per heavy atom. The molecule has 0 aromatic heterocycles. The van der Waals surface area contributed by atoms with Gasteiger partial charge in [-0.15, -0.1) is 0 Å². The van der Waals surface area contributed by atoms with Crippen LogP contribution in [0.4, 0.5) is 0 Å². The summed E-state index contributed by atoms with van der Waals surface area (Å²) in [5.41, 5.74) is 1.10. The van der Waals surface area contributed by atoms with Gasteiger partial charge in [0.15, 0.2) is 0 Å². The van der Waals surface area contributed by atoms with Gasteiger partial charge in [-0.05, 0) is 99.3 Å². The van der Waals surface area contributed by atoms with Crippen molar-refractivity contribution in [2.75, 3.05) is 13.6 Å². The van der Waals surface area contributed by atoms with E-state index < -0.39 is 0 Å². The summed E-state index contributed by atoms with van der Waals surface area (Å²) in [6, 6.07) is 0.757. The highest BCUT2D eigenvalue weighted by atomic mass is 16.1. The molecule has 2 nitrogen and oxygen atoms in total. The zero-order valence-electron chi connectivity index (χ0n) is 15.7. The summed E-state index contributed by atoms with van der Waals surface area (Å²) in [6.07, 6.45) is 10.6. The first-order chi connectivity index (χ1) is 11.4. The molecule has 2 heteroatoms. The summed E-state index contributed by atoms with van der Waals surface area (Å²) in [6.45, 7) is 6.32. The van der Waals surface area contributed by atoms with Crippen molar-refractivity contribution in [1.82, 2.24) is 4.90 Å². The van der Waals surface area contributed by atoms with Crippen molar-refractivity contribution in [2.45, 2.75) is 71.3 Å². The van der Waals surface area contributed by atoms with Crippen molar-refractivity contribution >= 4 is 5.78 Å². The Bertz CT molecular complexity index is 629. The normalized spacial score (nSPS) is 64.2. The fourth-order valence-electron chi connectivity index (χ4n) is 9.81. The minimum Gasteiger partial charge on any atom is -0.303 e. The van der Waals surface area contributed by atoms with Crippen LogP contribution in [0.25, 0.3) is 0 Å². The maximum atomic E-state index is 13.3. The van der Waals surface area contributed by atoms with E-state index in [0.717, 1.165) is 42.1 Å². The highest BCUT2D eigenvalue weighted by Crippen LogP contribution is 2.80. The third-order valence-corrected chi connectivity index (χ3v) is 10.9. The molecule has 0 radical (unpaired) electrons. The number of rotatable bonds is 0. The number of carbonyl (C=O) groups excluding carboxylic acids is 1. The van der Waals surface area contributed by atoms with E-state index in [4.69, 9.17) is 0 Å². The SMILES string of the molecule is C[C@H]1[C@H]2CC[C@H]3[C@@H]4CC(=O)[C@@]56C[C@H]5CC[C@]6(C)[C@H]4CC[C@]23CN1C. The first-order valence-electron chi connectivity index (χ1n) is 10.7. The van der Waals surface area contributed by atoms with Gasteiger partial charge in [0, 0.05) is 24.4 Å². The second kappa shape index (κ2) is 4.13. The molecule has 2 spiro atoms. The molecule has 5 saturated carbocycles. The molecule has 9 atom stereocenters. The number of nitrogens with zero attached hydrogens (tertiary/aromatic N) is 1. The first-order valence-corrected chi connectivity index (χ1v) is 10.7. The lowest BCUT2D eigenvalue weighted by Gasteiger charge is -2.58. The standard InChI is InChI=1S/C22H33NO/c1-13-16-4-5-18-15-10-19(24)22-11-14(22)6-8-20(22,2)17(15)7-9-21(16,18)12-23(13)3/h13-18H,4-12H2,1-3H3/t13-,14+,15+,16+,17-,18-,20+,21-,22+/m0/s1. The van der Waals surface area contributed by atoms with E-state index in [2.05, 4.69) is 25.8 Å². The van der Waals surface area contributed by atoms with Gasteiger partial charge in [-0.2, -0.15) is 0 Å². The molecule has 1 saturated heterocycles. The van der Waals surface area contributed by atoms with Crippen molar-refractivity contribution in [3.8, 4) is 0 Å². The molecule has 0 bridgehead atoms. The second-order valence-electron chi connectivity index (χ2n) is 10.9. The molecule has 0 N–H and O–H groups in total. The average Bonchev–Trinajstić information content (AvgIpc) is 2.96. The van der Waals surface area contributed by atoms with Crippen molar-refractivity contribution < 1.29 is 4.79 Å². The number of Topliss-reactive ketones (excluding diaryl/α,β-unsaturated/α-hetero) is 1. The molecule has 24 heavy (non-hydrogen) atoms. The molecule has 1 aliphatic heterocycles. The van der Waals surface area contributed by atoms with Gasteiger partial charge in [0.25, 0.3) is 0 Å². The zero-order chi connectivity index (χ0) is 16.5. The highest BCUT2D eigenvalue weighted by molar-refractivity contribution is 5.91. The molecule has 0 aromatic rings. The maximum Gasteiger partial charge on any atom is 0.140 e. The number of carbonyl (C=O) groups is 1. The molecule has 6 aliphatic rings. The van der Waals surface area contributed by atoms with Crippen molar-refractivity contribution in [1.29, 1.82) is 0 Å². The van der Waals surface area contributed by atoms with Crippen molar-refractivity contribution in [2.24, 2.45) is 45.8 Å². The Morgan fingerprint density at radius 1 is 1.04 bits per heavy atom. The lowest BCUT2D eigenvalue weighted by molar-refractivity contribution is -0.150. The third kappa shape index (κ3) is 1.32. The van der Waals surface area contributed by atoms with E-state index in [0.29, 0.717) is 16.6 Å². The van der Waals surface area contributed by atoms with Crippen LogP contribution in [0, 0.1) is 45.8 Å². The summed E-state index contributed by atoms with van der Waals surface area (Å²) in [5.74, 6) is 4.83. The van der Waals surface area contributed by atoms with Gasteiger partial charge in [-0.1, -0.05) is 6.92 Å². The number of fused-ring (bicyclic) bond motifs is 3. The topological polar surface area (TPSA) is 20.3 Å². The minimum absolute atomic E-state index is 0.163. The lowest BCUT2D eigenvalue weighted by Crippen LogP contribution is -2.56. The third-order valence-electron chi connectivity index (χ3n) is 10.9. The highest BCUT2D eigenvalue weighted by Gasteiger charge is 2.78. The molecule has 132 valence electrons. The Morgan fingerprint density at radius 2 is 1.83 bits per heavy atom. The van der Waals surface area contributed by atoms with Crippen LogP contribution < -0.4 is 0 Å². The smallest absolute Gasteiger partial charge is 0.140 e. The van der Waals surface area contributed by atoms with Gasteiger partial charge in [0.1, 0.15) is 5.78 Å². The molecule has 0 amide bonds. The van der Waals surface area contributed by atoms with Crippen LogP contribution >= 0.6 is 0 Å². The van der Waals surface area contributed by atoms with Gasteiger partial charge in [-0.3, -0.25) is 4.79 Å². The van der Waals surface area contributed by atoms with Crippen molar-refractivity contribution in [3.63, 3.8) is 0 Å². The van der Waals surface area contributed by atoms with Gasteiger partial charge >= 0.3 is 0 Å². The van der Waals surface area contributed by atoms with Gasteiger partial charge < -0.3 is 4.90 Å². The monoisotopic (exact) mass is 327 g/mol. The van der Waals surface area contributed by atoms with E-state index >= 15 is 0 Å². The predicted molar refractivity (Wildman–Crippen MR) is 94.5 cm³/mol. The largest absolute Gasteiger partial charge is 0.303 e. The van der Waals surface area contributed by atoms with E-state index in [1.54, 1.807) is 0 Å². The van der Waals surface area contributed by atoms with Crippen LogP contribution in [0.15, 0.2) is 0 Å². The van der Waals surface area contributed by atoms with Crippen LogP contribution in [0.2, 0.25) is 0 Å². The van der Waals surface area contributed by atoms with Crippen LogP contribution in [0.1, 0.15) is 65.2 Å². The molecule has 0 unspecified atom stereocenters. The number of likely N-dealkylation sites (tertiary alicyclic amines) is 1. The van der Waals surface area contributed by atoms with Gasteiger partial charge in [0.05, 0.1) is 0 Å². The Labute approximate surface area is 146 Å². The van der Waals surface area contributed by atoms with Gasteiger partial charge in [0.2, 0.25) is 0 Å². The Balaban J connectivity index is 1.41. The summed E-state index contributed by atoms with van der Waals surface area (Å²) in [4.78, 5) is 15.9. The van der Waals surface area contributed by atoms with E-state index in [1.165, 1.54) is 51.5 Å². The molecular weight excluding hydrogens is 294 g/mol. The molecule has 5 aliphatic carbocycles. The predicted octanol–water partition coefficient (Wildman–Crippen LogP) is 4.14. The number of hydrogen-bond acceptors (Lipinski definition) is 2. The summed E-state index contributed by atoms with van der Waals surface area (Å²) in [7, 11) is 2.34. The molecular formula is C22H33NO.